The summed E-state index contributed by atoms with van der Waals surface area (Å²) in [4.78, 5) is 0. The molecule has 0 aliphatic rings. The summed E-state index contributed by atoms with van der Waals surface area (Å²) in [5, 5.41) is 4.13. The number of hydrogen-bond acceptors (Lipinski definition) is 3. The molecule has 112 valence electrons. The first-order valence-corrected chi connectivity index (χ1v) is 7.66. The lowest BCUT2D eigenvalue weighted by atomic mass is 10.2. The van der Waals surface area contributed by atoms with Gasteiger partial charge in [-0.2, -0.15) is 0 Å². The maximum absolute atomic E-state index is 6.01. The van der Waals surface area contributed by atoms with Crippen LogP contribution in [-0.4, -0.2) is 14.2 Å². The normalized spacial score (nSPS) is 10.5. The molecular formula is C16H17BrClNO2. The standard InChI is InChI=1S/C16H17BrClNO2/c1-20-15-6-3-11(7-16(15)21-2)9-19-10-12-8-13(18)4-5-14(12)17/h3-8,19H,9-10H2,1-2H3. The number of ether oxygens (including phenoxy) is 2. The lowest BCUT2D eigenvalue weighted by Crippen LogP contribution is -2.13. The molecule has 21 heavy (non-hydrogen) atoms. The van der Waals surface area contributed by atoms with E-state index < -0.39 is 0 Å². The summed E-state index contributed by atoms with van der Waals surface area (Å²) in [6.07, 6.45) is 0. The maximum Gasteiger partial charge on any atom is 0.161 e. The van der Waals surface area contributed by atoms with E-state index in [2.05, 4.69) is 21.2 Å². The highest BCUT2D eigenvalue weighted by Crippen LogP contribution is 2.27. The Hall–Kier alpha value is -1.23. The zero-order valence-corrected chi connectivity index (χ0v) is 14.3. The van der Waals surface area contributed by atoms with E-state index in [1.54, 1.807) is 14.2 Å². The van der Waals surface area contributed by atoms with Crippen molar-refractivity contribution in [3.63, 3.8) is 0 Å². The minimum Gasteiger partial charge on any atom is -0.493 e. The van der Waals surface area contributed by atoms with Crippen molar-refractivity contribution in [3.05, 3.63) is 57.0 Å². The second kappa shape index (κ2) is 7.69. The monoisotopic (exact) mass is 369 g/mol. The molecule has 0 aromatic heterocycles. The van der Waals surface area contributed by atoms with E-state index in [9.17, 15) is 0 Å². The van der Waals surface area contributed by atoms with Crippen molar-refractivity contribution in [1.29, 1.82) is 0 Å². The van der Waals surface area contributed by atoms with Gasteiger partial charge in [0.15, 0.2) is 11.5 Å². The number of halogens is 2. The Morgan fingerprint density at radius 3 is 2.48 bits per heavy atom. The molecule has 2 aromatic rings. The maximum atomic E-state index is 6.01. The van der Waals surface area contributed by atoms with E-state index in [0.29, 0.717) is 0 Å². The zero-order chi connectivity index (χ0) is 15.2. The van der Waals surface area contributed by atoms with Gasteiger partial charge in [-0.15, -0.1) is 0 Å². The number of methoxy groups -OCH3 is 2. The smallest absolute Gasteiger partial charge is 0.161 e. The lowest BCUT2D eigenvalue weighted by molar-refractivity contribution is 0.354. The Balaban J connectivity index is 1.98. The van der Waals surface area contributed by atoms with Crippen LogP contribution >= 0.6 is 27.5 Å². The Bertz CT molecular complexity index is 619. The van der Waals surface area contributed by atoms with Crippen LogP contribution in [0.4, 0.5) is 0 Å². The van der Waals surface area contributed by atoms with E-state index in [0.717, 1.165) is 45.2 Å². The fourth-order valence-electron chi connectivity index (χ4n) is 2.01. The van der Waals surface area contributed by atoms with E-state index in [1.165, 1.54) is 0 Å². The molecule has 1 N–H and O–H groups in total. The molecule has 0 radical (unpaired) electrons. The molecular weight excluding hydrogens is 354 g/mol. The quantitative estimate of drug-likeness (QED) is 0.817. The van der Waals surface area contributed by atoms with Crippen LogP contribution in [0.15, 0.2) is 40.9 Å². The number of nitrogens with one attached hydrogen (secondary N) is 1. The Labute approximate surface area is 138 Å². The second-order valence-electron chi connectivity index (χ2n) is 4.53. The third kappa shape index (κ3) is 4.37. The van der Waals surface area contributed by atoms with Crippen molar-refractivity contribution in [3.8, 4) is 11.5 Å². The summed E-state index contributed by atoms with van der Waals surface area (Å²) in [6, 6.07) is 11.7. The van der Waals surface area contributed by atoms with Crippen molar-refractivity contribution in [2.24, 2.45) is 0 Å². The number of benzene rings is 2. The minimum absolute atomic E-state index is 0.732. The molecule has 0 atom stereocenters. The summed E-state index contributed by atoms with van der Waals surface area (Å²) >= 11 is 9.53. The summed E-state index contributed by atoms with van der Waals surface area (Å²) in [5.41, 5.74) is 2.26. The first kappa shape index (κ1) is 16.1. The van der Waals surface area contributed by atoms with Gasteiger partial charge in [0, 0.05) is 22.6 Å². The van der Waals surface area contributed by atoms with Gasteiger partial charge in [0.25, 0.3) is 0 Å². The third-order valence-corrected chi connectivity index (χ3v) is 4.11. The van der Waals surface area contributed by atoms with Crippen LogP contribution in [0.2, 0.25) is 5.02 Å². The highest BCUT2D eigenvalue weighted by Gasteiger charge is 2.05. The van der Waals surface area contributed by atoms with Gasteiger partial charge in [-0.05, 0) is 41.5 Å². The molecule has 0 fully saturated rings. The summed E-state index contributed by atoms with van der Waals surface area (Å²) in [7, 11) is 3.27. The minimum atomic E-state index is 0.732. The molecule has 0 amide bonds. The fourth-order valence-corrected chi connectivity index (χ4v) is 2.59. The predicted molar refractivity (Wildman–Crippen MR) is 89.2 cm³/mol. The lowest BCUT2D eigenvalue weighted by Gasteiger charge is -2.11. The van der Waals surface area contributed by atoms with Gasteiger partial charge in [-0.1, -0.05) is 33.6 Å². The average molecular weight is 371 g/mol. The highest BCUT2D eigenvalue weighted by atomic mass is 79.9. The molecule has 3 nitrogen and oxygen atoms in total. The molecule has 0 saturated carbocycles. The van der Waals surface area contributed by atoms with Crippen LogP contribution in [0.5, 0.6) is 11.5 Å². The Morgan fingerprint density at radius 2 is 1.76 bits per heavy atom. The first-order valence-electron chi connectivity index (χ1n) is 6.49. The average Bonchev–Trinajstić information content (AvgIpc) is 2.50. The van der Waals surface area contributed by atoms with Crippen molar-refractivity contribution in [1.82, 2.24) is 5.32 Å². The number of hydrogen-bond donors (Lipinski definition) is 1. The predicted octanol–water partition coefficient (Wildman–Crippen LogP) is 4.41. The van der Waals surface area contributed by atoms with Crippen molar-refractivity contribution in [2.45, 2.75) is 13.1 Å². The van der Waals surface area contributed by atoms with Crippen LogP contribution in [0, 0.1) is 0 Å². The molecule has 0 heterocycles. The molecule has 0 aliphatic heterocycles. The van der Waals surface area contributed by atoms with Gasteiger partial charge in [0.05, 0.1) is 14.2 Å². The molecule has 0 saturated heterocycles. The fraction of sp³-hybridized carbons (Fsp3) is 0.250. The van der Waals surface area contributed by atoms with E-state index in [-0.39, 0.29) is 0 Å². The summed E-state index contributed by atoms with van der Waals surface area (Å²) < 4.78 is 11.6. The summed E-state index contributed by atoms with van der Waals surface area (Å²) in [5.74, 6) is 1.47. The van der Waals surface area contributed by atoms with Gasteiger partial charge in [-0.25, -0.2) is 0 Å². The topological polar surface area (TPSA) is 30.5 Å². The van der Waals surface area contributed by atoms with Crippen molar-refractivity contribution < 1.29 is 9.47 Å². The van der Waals surface area contributed by atoms with E-state index >= 15 is 0 Å². The third-order valence-electron chi connectivity index (χ3n) is 3.10. The van der Waals surface area contributed by atoms with Crippen LogP contribution < -0.4 is 14.8 Å². The molecule has 0 spiro atoms. The van der Waals surface area contributed by atoms with Crippen LogP contribution in [0.1, 0.15) is 11.1 Å². The van der Waals surface area contributed by atoms with E-state index in [1.807, 2.05) is 36.4 Å². The molecule has 0 unspecified atom stereocenters. The second-order valence-corrected chi connectivity index (χ2v) is 5.82. The zero-order valence-electron chi connectivity index (χ0n) is 12.0. The van der Waals surface area contributed by atoms with Crippen molar-refractivity contribution in [2.75, 3.05) is 14.2 Å². The molecule has 0 bridgehead atoms. The molecule has 0 aliphatic carbocycles. The molecule has 5 heteroatoms. The number of rotatable bonds is 6. The van der Waals surface area contributed by atoms with Gasteiger partial charge in [-0.3, -0.25) is 0 Å². The van der Waals surface area contributed by atoms with Crippen LogP contribution in [0.3, 0.4) is 0 Å². The Morgan fingerprint density at radius 1 is 1.00 bits per heavy atom. The largest absolute Gasteiger partial charge is 0.493 e. The van der Waals surface area contributed by atoms with Crippen LogP contribution in [0.25, 0.3) is 0 Å². The molecule has 2 rings (SSSR count). The highest BCUT2D eigenvalue weighted by molar-refractivity contribution is 9.10. The molecule has 2 aromatic carbocycles. The van der Waals surface area contributed by atoms with E-state index in [4.69, 9.17) is 21.1 Å². The van der Waals surface area contributed by atoms with Gasteiger partial charge in [0.1, 0.15) is 0 Å². The van der Waals surface area contributed by atoms with Gasteiger partial charge < -0.3 is 14.8 Å². The van der Waals surface area contributed by atoms with Crippen LogP contribution in [-0.2, 0) is 13.1 Å². The SMILES string of the molecule is COc1ccc(CNCc2cc(Cl)ccc2Br)cc1OC. The summed E-state index contributed by atoms with van der Waals surface area (Å²) in [6.45, 7) is 1.47. The first-order chi connectivity index (χ1) is 10.1. The van der Waals surface area contributed by atoms with Gasteiger partial charge >= 0.3 is 0 Å². The van der Waals surface area contributed by atoms with Gasteiger partial charge in [0.2, 0.25) is 0 Å². The van der Waals surface area contributed by atoms with Crippen molar-refractivity contribution >= 4 is 27.5 Å². The Kier molecular flexibility index (Phi) is 5.91.